The number of allylic oxidation sites excluding steroid dienone is 4. The normalized spacial score (nSPS) is 39.5. The monoisotopic (exact) mass is 908 g/mol. The lowest BCUT2D eigenvalue weighted by Crippen LogP contribution is -2.59. The third-order valence-corrected chi connectivity index (χ3v) is 15.5. The molecule has 8 rings (SSSR count). The van der Waals surface area contributed by atoms with Crippen molar-refractivity contribution in [1.29, 1.82) is 0 Å². The van der Waals surface area contributed by atoms with Gasteiger partial charge < -0.3 is 42.8 Å². The van der Waals surface area contributed by atoms with Gasteiger partial charge in [-0.15, -0.1) is 5.10 Å². The minimum Gasteiger partial charge on any atom is -0.462 e. The van der Waals surface area contributed by atoms with E-state index in [9.17, 15) is 4.79 Å². The molecule has 0 bridgehead atoms. The van der Waals surface area contributed by atoms with Crippen molar-refractivity contribution >= 4 is 29.1 Å². The maximum absolute atomic E-state index is 15.2. The molecule has 17 atom stereocenters. The van der Waals surface area contributed by atoms with Crippen LogP contribution in [-0.2, 0) is 47.5 Å². The summed E-state index contributed by atoms with van der Waals surface area (Å²) in [5, 5.41) is 9.92. The second kappa shape index (κ2) is 20.4. The number of Topliss-reactive ketones (excluding diaryl/α,β-unsaturated/α-hetero) is 1. The summed E-state index contributed by atoms with van der Waals surface area (Å²) in [6, 6.07) is 7.87. The molecule has 0 amide bonds. The van der Waals surface area contributed by atoms with E-state index < -0.39 is 36.6 Å². The minimum atomic E-state index is -0.701. The maximum atomic E-state index is 15.2. The summed E-state index contributed by atoms with van der Waals surface area (Å²) >= 11 is 6.41. The molecular formula is C49H69ClN4O10. The van der Waals surface area contributed by atoms with Crippen molar-refractivity contribution in [1.82, 2.24) is 19.9 Å². The number of aromatic nitrogens is 3. The first-order valence-electron chi connectivity index (χ1n) is 23.5. The predicted molar refractivity (Wildman–Crippen MR) is 240 cm³/mol. The van der Waals surface area contributed by atoms with Gasteiger partial charge in [0.05, 0.1) is 37.0 Å². The molecule has 1 aromatic heterocycles. The number of benzene rings is 1. The van der Waals surface area contributed by atoms with Crippen molar-refractivity contribution in [2.45, 2.75) is 153 Å². The lowest BCUT2D eigenvalue weighted by Gasteiger charge is -2.44. The number of methoxy groups -OCH3 is 3. The molecule has 14 nitrogen and oxygen atoms in total. The number of cyclic esters (lactones) is 1. The fourth-order valence-corrected chi connectivity index (χ4v) is 12.1. The third-order valence-electron chi connectivity index (χ3n) is 15.2. The fourth-order valence-electron chi connectivity index (χ4n) is 11.9. The second-order valence-corrected chi connectivity index (χ2v) is 19.6. The Balaban J connectivity index is 1.13. The van der Waals surface area contributed by atoms with E-state index in [1.54, 1.807) is 21.3 Å². The Morgan fingerprint density at radius 1 is 0.875 bits per heavy atom. The van der Waals surface area contributed by atoms with Gasteiger partial charge in [-0.3, -0.25) is 9.59 Å². The first-order chi connectivity index (χ1) is 30.8. The molecule has 2 aromatic rings. The van der Waals surface area contributed by atoms with Crippen LogP contribution in [0.5, 0.6) is 0 Å². The van der Waals surface area contributed by atoms with Gasteiger partial charge in [-0.1, -0.05) is 54.9 Å². The maximum Gasteiger partial charge on any atom is 0.306 e. The molecule has 1 aromatic carbocycles. The SMILES string of the molecule is CC[C@H]1CCC[C@H](O[C@H]2CC[C@H](N(C)C)C(C)O2)[C@@H](C)C(=O)C2=C[C@@H]3[C@@H](C=C(n4cc(-c5cccc(Cl)c5)nn4)[C@@H]4C[C@@H](O[C@@H]5OC(C)[C@H](OC)C(OC)C5OC)C[C@@H]34)[C@@H]2CC(=O)O1. The number of carbonyl (C=O) groups is 2. The van der Waals surface area contributed by atoms with Crippen LogP contribution < -0.4 is 0 Å². The minimum absolute atomic E-state index is 0.00298. The number of fused-ring (bicyclic) bond motifs is 5. The lowest BCUT2D eigenvalue weighted by molar-refractivity contribution is -0.314. The predicted octanol–water partition coefficient (Wildman–Crippen LogP) is 7.38. The Labute approximate surface area is 383 Å². The molecule has 6 aliphatic rings. The third kappa shape index (κ3) is 9.69. The Morgan fingerprint density at radius 3 is 2.36 bits per heavy atom. The Morgan fingerprint density at radius 2 is 1.66 bits per heavy atom. The van der Waals surface area contributed by atoms with Crippen LogP contribution in [0.25, 0.3) is 17.0 Å². The van der Waals surface area contributed by atoms with Crippen molar-refractivity contribution in [3.8, 4) is 11.3 Å². The van der Waals surface area contributed by atoms with Gasteiger partial charge in [-0.25, -0.2) is 4.68 Å². The fraction of sp³-hybridized carbons (Fsp3) is 0.714. The highest BCUT2D eigenvalue weighted by molar-refractivity contribution is 6.30. The standard InChI is InChI=1S/C49H69ClN4O10/c1-10-31-15-12-16-42(64-44-18-17-40(53(5)6)27(3)60-44)26(2)45(56)38-22-34-33-20-32(63-49-48(59-9)47(58-8)46(57-7)28(4)61-49)21-37(33)41(23-35(34)36(38)24-43(55)62-31)54-25-39(51-52-54)29-13-11-14-30(50)19-29/h11,13-14,19,22-23,25-28,31-37,40,42,44,46-49H,10,12,15-18,20-21,24H2,1-9H3/t26-,27?,28?,31+,32+,33+,34+,35-,36+,37-,40+,42+,44+,46+,47?,48?,49+/m1/s1. The van der Waals surface area contributed by atoms with E-state index in [1.807, 2.05) is 49.0 Å². The Kier molecular flexibility index (Phi) is 15.2. The van der Waals surface area contributed by atoms with Gasteiger partial charge in [0.1, 0.15) is 30.1 Å². The molecule has 3 aliphatic heterocycles. The molecule has 3 aliphatic carbocycles. The summed E-state index contributed by atoms with van der Waals surface area (Å²) < 4.78 is 52.4. The van der Waals surface area contributed by atoms with Crippen LogP contribution in [-0.4, -0.2) is 135 Å². The highest BCUT2D eigenvalue weighted by Crippen LogP contribution is 2.57. The van der Waals surface area contributed by atoms with Gasteiger partial charge in [0, 0.05) is 61.4 Å². The van der Waals surface area contributed by atoms with E-state index >= 15 is 4.79 Å². The molecule has 4 unspecified atom stereocenters. The van der Waals surface area contributed by atoms with Crippen LogP contribution in [0.2, 0.25) is 5.02 Å². The highest BCUT2D eigenvalue weighted by Gasteiger charge is 2.55. The van der Waals surface area contributed by atoms with Gasteiger partial charge in [0.15, 0.2) is 18.4 Å². The molecule has 0 N–H and O–H groups in total. The first-order valence-corrected chi connectivity index (χ1v) is 23.9. The van der Waals surface area contributed by atoms with Crippen LogP contribution >= 0.6 is 11.6 Å². The van der Waals surface area contributed by atoms with Gasteiger partial charge in [-0.05, 0) is 115 Å². The molecule has 0 radical (unpaired) electrons. The molecule has 352 valence electrons. The Hall–Kier alpha value is -3.05. The summed E-state index contributed by atoms with van der Waals surface area (Å²) in [6.07, 6.45) is 8.91. The van der Waals surface area contributed by atoms with Crippen molar-refractivity contribution in [2.24, 2.45) is 35.5 Å². The van der Waals surface area contributed by atoms with Crippen LogP contribution in [0.1, 0.15) is 85.5 Å². The summed E-state index contributed by atoms with van der Waals surface area (Å²) in [5.74, 6) is -1.31. The number of hydrogen-bond acceptors (Lipinski definition) is 13. The van der Waals surface area contributed by atoms with Crippen LogP contribution in [0.15, 0.2) is 48.2 Å². The first kappa shape index (κ1) is 47.4. The number of hydrogen-bond donors (Lipinski definition) is 0. The molecule has 1 saturated carbocycles. The van der Waals surface area contributed by atoms with Crippen molar-refractivity contribution in [3.05, 3.63) is 53.2 Å². The average molecular weight is 910 g/mol. The van der Waals surface area contributed by atoms with E-state index in [2.05, 4.69) is 50.1 Å². The van der Waals surface area contributed by atoms with Crippen molar-refractivity contribution in [3.63, 3.8) is 0 Å². The number of ether oxygens (including phenoxy) is 8. The number of esters is 1. The molecule has 64 heavy (non-hydrogen) atoms. The average Bonchev–Trinajstić information content (AvgIpc) is 4.02. The molecular weight excluding hydrogens is 840 g/mol. The van der Waals surface area contributed by atoms with E-state index in [0.29, 0.717) is 54.4 Å². The molecule has 15 heteroatoms. The zero-order valence-corrected chi connectivity index (χ0v) is 39.7. The number of ketones is 1. The van der Waals surface area contributed by atoms with Gasteiger partial charge >= 0.3 is 5.97 Å². The largest absolute Gasteiger partial charge is 0.462 e. The van der Waals surface area contributed by atoms with Crippen molar-refractivity contribution in [2.75, 3.05) is 35.4 Å². The van der Waals surface area contributed by atoms with E-state index in [-0.39, 0.29) is 78.5 Å². The van der Waals surface area contributed by atoms with Crippen LogP contribution in [0.3, 0.4) is 0 Å². The summed E-state index contributed by atoms with van der Waals surface area (Å²) in [6.45, 7) is 8.12. The zero-order valence-electron chi connectivity index (χ0n) is 39.0. The number of carbonyl (C=O) groups excluding carboxylic acids is 2. The van der Waals surface area contributed by atoms with Gasteiger partial charge in [0.2, 0.25) is 0 Å². The van der Waals surface area contributed by atoms with Crippen LogP contribution in [0.4, 0.5) is 0 Å². The number of likely N-dealkylation sites (N-methyl/N-ethyl adjacent to an activating group) is 1. The number of nitrogens with zero attached hydrogens (tertiary/aromatic N) is 4. The summed E-state index contributed by atoms with van der Waals surface area (Å²) in [5.41, 5.74) is 3.19. The van der Waals surface area contributed by atoms with E-state index in [1.165, 1.54) is 0 Å². The molecule has 3 saturated heterocycles. The quantitative estimate of drug-likeness (QED) is 0.207. The van der Waals surface area contributed by atoms with E-state index in [0.717, 1.165) is 30.5 Å². The smallest absolute Gasteiger partial charge is 0.306 e. The molecule has 4 fully saturated rings. The second-order valence-electron chi connectivity index (χ2n) is 19.2. The lowest BCUT2D eigenvalue weighted by atomic mass is 9.69. The Bertz CT molecular complexity index is 2010. The zero-order chi connectivity index (χ0) is 45.4. The number of rotatable bonds is 11. The van der Waals surface area contributed by atoms with Crippen molar-refractivity contribution < 1.29 is 47.5 Å². The molecule has 0 spiro atoms. The van der Waals surface area contributed by atoms with E-state index in [4.69, 9.17) is 54.7 Å². The highest BCUT2D eigenvalue weighted by atomic mass is 35.5. The van der Waals surface area contributed by atoms with Gasteiger partial charge in [-0.2, -0.15) is 0 Å². The molecule has 4 heterocycles. The van der Waals surface area contributed by atoms with Crippen LogP contribution in [0, 0.1) is 35.5 Å². The number of halogens is 1. The topological polar surface area (TPSA) is 142 Å². The summed E-state index contributed by atoms with van der Waals surface area (Å²) in [4.78, 5) is 31.4. The summed E-state index contributed by atoms with van der Waals surface area (Å²) in [7, 11) is 9.10. The van der Waals surface area contributed by atoms with Gasteiger partial charge in [0.25, 0.3) is 0 Å².